The van der Waals surface area contributed by atoms with Gasteiger partial charge in [0.15, 0.2) is 12.2 Å². The van der Waals surface area contributed by atoms with Crippen molar-refractivity contribution in [3.63, 3.8) is 0 Å². The standard InChI is InChI=1S/C21H28O7/c1-9(2)19(23)28-17-15-11(4)20(24)27-16(15)14-10(3)7-8-13(14)21(6,25)18(17)26-12(5)22/h7,9,13-18,25H,4,8H2,1-3,5-6H3. The van der Waals surface area contributed by atoms with Crippen LogP contribution >= 0.6 is 0 Å². The molecule has 1 aliphatic heterocycles. The highest BCUT2D eigenvalue weighted by molar-refractivity contribution is 5.91. The number of fused-ring (bicyclic) bond motifs is 3. The molecule has 2 aliphatic carbocycles. The highest BCUT2D eigenvalue weighted by Gasteiger charge is 2.64. The maximum Gasteiger partial charge on any atom is 0.334 e. The quantitative estimate of drug-likeness (QED) is 0.339. The Labute approximate surface area is 164 Å². The van der Waals surface area contributed by atoms with Crippen molar-refractivity contribution in [2.75, 3.05) is 0 Å². The fourth-order valence-electron chi connectivity index (χ4n) is 4.79. The van der Waals surface area contributed by atoms with Crippen LogP contribution in [0.2, 0.25) is 0 Å². The highest BCUT2D eigenvalue weighted by Crippen LogP contribution is 2.53. The second-order valence-corrected chi connectivity index (χ2v) is 8.55. The van der Waals surface area contributed by atoms with E-state index in [1.807, 2.05) is 13.0 Å². The Morgan fingerprint density at radius 3 is 2.54 bits per heavy atom. The van der Waals surface area contributed by atoms with Gasteiger partial charge in [0.2, 0.25) is 0 Å². The monoisotopic (exact) mass is 392 g/mol. The van der Waals surface area contributed by atoms with Gasteiger partial charge in [0.25, 0.3) is 0 Å². The third-order valence-electron chi connectivity index (χ3n) is 6.26. The van der Waals surface area contributed by atoms with E-state index in [2.05, 4.69) is 6.58 Å². The third kappa shape index (κ3) is 3.15. The van der Waals surface area contributed by atoms with E-state index < -0.39 is 53.7 Å². The molecule has 3 rings (SSSR count). The van der Waals surface area contributed by atoms with E-state index in [1.54, 1.807) is 20.8 Å². The van der Waals surface area contributed by atoms with Gasteiger partial charge < -0.3 is 19.3 Å². The van der Waals surface area contributed by atoms with E-state index in [9.17, 15) is 19.5 Å². The molecule has 0 aromatic heterocycles. The summed E-state index contributed by atoms with van der Waals surface area (Å²) >= 11 is 0. The number of aliphatic hydroxyl groups is 1. The molecule has 7 atom stereocenters. The van der Waals surface area contributed by atoms with Crippen LogP contribution in [0.25, 0.3) is 0 Å². The second-order valence-electron chi connectivity index (χ2n) is 8.55. The molecule has 1 heterocycles. The summed E-state index contributed by atoms with van der Waals surface area (Å²) in [6, 6.07) is 0. The fraction of sp³-hybridized carbons (Fsp3) is 0.667. The zero-order valence-electron chi connectivity index (χ0n) is 16.9. The van der Waals surface area contributed by atoms with E-state index in [-0.39, 0.29) is 17.4 Å². The predicted octanol–water partition coefficient (Wildman–Crippen LogP) is 1.93. The van der Waals surface area contributed by atoms with E-state index >= 15 is 0 Å². The largest absolute Gasteiger partial charge is 0.458 e. The number of esters is 3. The Morgan fingerprint density at radius 2 is 1.96 bits per heavy atom. The molecule has 0 aromatic carbocycles. The Morgan fingerprint density at radius 1 is 1.32 bits per heavy atom. The number of hydrogen-bond acceptors (Lipinski definition) is 7. The lowest BCUT2D eigenvalue weighted by atomic mass is 9.75. The molecule has 1 saturated carbocycles. The Hall–Kier alpha value is -2.15. The summed E-state index contributed by atoms with van der Waals surface area (Å²) in [4.78, 5) is 36.7. The number of ether oxygens (including phenoxy) is 3. The molecule has 28 heavy (non-hydrogen) atoms. The minimum atomic E-state index is -1.50. The first-order chi connectivity index (χ1) is 13.0. The van der Waals surface area contributed by atoms with Crippen molar-refractivity contribution in [3.05, 3.63) is 23.8 Å². The molecule has 154 valence electrons. The molecule has 7 unspecified atom stereocenters. The first kappa shape index (κ1) is 20.6. The molecule has 0 spiro atoms. The molecule has 7 nitrogen and oxygen atoms in total. The van der Waals surface area contributed by atoms with Crippen LogP contribution in [0.4, 0.5) is 0 Å². The molecule has 2 fully saturated rings. The Kier molecular flexibility index (Phi) is 5.17. The van der Waals surface area contributed by atoms with Crippen molar-refractivity contribution in [1.82, 2.24) is 0 Å². The average Bonchev–Trinajstić information content (AvgIpc) is 3.09. The van der Waals surface area contributed by atoms with Crippen LogP contribution in [0.3, 0.4) is 0 Å². The molecule has 1 saturated heterocycles. The Balaban J connectivity index is 2.15. The Bertz CT molecular complexity index is 748. The van der Waals surface area contributed by atoms with Crippen LogP contribution in [0, 0.1) is 23.7 Å². The molecular formula is C21H28O7. The minimum Gasteiger partial charge on any atom is -0.458 e. The van der Waals surface area contributed by atoms with E-state index in [4.69, 9.17) is 14.2 Å². The van der Waals surface area contributed by atoms with Crippen LogP contribution in [0.1, 0.15) is 41.0 Å². The molecule has 0 aromatic rings. The van der Waals surface area contributed by atoms with Crippen LogP contribution in [-0.4, -0.2) is 46.9 Å². The number of hydrogen-bond donors (Lipinski definition) is 1. The molecule has 1 N–H and O–H groups in total. The van der Waals surface area contributed by atoms with Crippen molar-refractivity contribution in [1.29, 1.82) is 0 Å². The van der Waals surface area contributed by atoms with Crippen molar-refractivity contribution in [3.8, 4) is 0 Å². The smallest absolute Gasteiger partial charge is 0.334 e. The normalized spacial score (nSPS) is 39.6. The topological polar surface area (TPSA) is 99.1 Å². The first-order valence-corrected chi connectivity index (χ1v) is 9.63. The summed E-state index contributed by atoms with van der Waals surface area (Å²) in [5, 5.41) is 11.5. The molecular weight excluding hydrogens is 364 g/mol. The second kappa shape index (κ2) is 7.03. The lowest BCUT2D eigenvalue weighted by molar-refractivity contribution is -0.199. The maximum atomic E-state index is 12.4. The van der Waals surface area contributed by atoms with Gasteiger partial charge in [0, 0.05) is 24.3 Å². The zero-order chi connectivity index (χ0) is 21.0. The fourth-order valence-corrected chi connectivity index (χ4v) is 4.79. The van der Waals surface area contributed by atoms with Crippen molar-refractivity contribution in [2.45, 2.75) is 65.0 Å². The van der Waals surface area contributed by atoms with Gasteiger partial charge in [-0.05, 0) is 20.3 Å². The van der Waals surface area contributed by atoms with Crippen LogP contribution < -0.4 is 0 Å². The van der Waals surface area contributed by atoms with Gasteiger partial charge in [-0.25, -0.2) is 4.79 Å². The van der Waals surface area contributed by atoms with Crippen LogP contribution in [0.5, 0.6) is 0 Å². The highest BCUT2D eigenvalue weighted by atomic mass is 16.6. The number of carbonyl (C=O) groups excluding carboxylic acids is 3. The van der Waals surface area contributed by atoms with E-state index in [1.165, 1.54) is 6.92 Å². The summed E-state index contributed by atoms with van der Waals surface area (Å²) < 4.78 is 16.9. The summed E-state index contributed by atoms with van der Waals surface area (Å²) in [6.45, 7) is 12.0. The van der Waals surface area contributed by atoms with Crippen LogP contribution in [0.15, 0.2) is 23.8 Å². The number of allylic oxidation sites excluding steroid dienone is 1. The van der Waals surface area contributed by atoms with Gasteiger partial charge in [-0.2, -0.15) is 0 Å². The van der Waals surface area contributed by atoms with Crippen molar-refractivity contribution in [2.24, 2.45) is 23.7 Å². The van der Waals surface area contributed by atoms with Gasteiger partial charge in [0.1, 0.15) is 11.7 Å². The zero-order valence-corrected chi connectivity index (χ0v) is 16.9. The summed E-state index contributed by atoms with van der Waals surface area (Å²) in [5.41, 5.74) is -0.344. The molecule has 3 aliphatic rings. The summed E-state index contributed by atoms with van der Waals surface area (Å²) in [6.07, 6.45) is -0.321. The maximum absolute atomic E-state index is 12.4. The van der Waals surface area contributed by atoms with Gasteiger partial charge in [-0.1, -0.05) is 32.1 Å². The summed E-state index contributed by atoms with van der Waals surface area (Å²) in [5.74, 6) is -3.44. The SMILES string of the molecule is C=C1C(=O)OC2C1C(OC(=O)C(C)C)C(OC(C)=O)C(C)(O)C1CC=C(C)C21. The molecule has 0 radical (unpaired) electrons. The van der Waals surface area contributed by atoms with E-state index in [0.717, 1.165) is 5.57 Å². The van der Waals surface area contributed by atoms with Gasteiger partial charge in [-0.15, -0.1) is 0 Å². The van der Waals surface area contributed by atoms with Crippen molar-refractivity contribution < 1.29 is 33.7 Å². The van der Waals surface area contributed by atoms with Crippen LogP contribution in [-0.2, 0) is 28.6 Å². The van der Waals surface area contributed by atoms with Crippen molar-refractivity contribution >= 4 is 17.9 Å². The molecule has 0 bridgehead atoms. The average molecular weight is 392 g/mol. The number of rotatable bonds is 3. The van der Waals surface area contributed by atoms with E-state index in [0.29, 0.717) is 6.42 Å². The van der Waals surface area contributed by atoms with Gasteiger partial charge in [0.05, 0.1) is 11.8 Å². The predicted molar refractivity (Wildman–Crippen MR) is 98.8 cm³/mol. The summed E-state index contributed by atoms with van der Waals surface area (Å²) in [7, 11) is 0. The molecule has 7 heteroatoms. The first-order valence-electron chi connectivity index (χ1n) is 9.63. The van der Waals surface area contributed by atoms with Gasteiger partial charge in [-0.3, -0.25) is 9.59 Å². The lowest BCUT2D eigenvalue weighted by Crippen LogP contribution is -2.55. The molecule has 0 amide bonds. The minimum absolute atomic E-state index is 0.167. The van der Waals surface area contributed by atoms with Gasteiger partial charge >= 0.3 is 17.9 Å². The number of carbonyl (C=O) groups is 3. The lowest BCUT2D eigenvalue weighted by Gasteiger charge is -2.40. The third-order valence-corrected chi connectivity index (χ3v) is 6.26.